The highest BCUT2D eigenvalue weighted by Gasteiger charge is 2.21. The van der Waals surface area contributed by atoms with Crippen molar-refractivity contribution in [2.75, 3.05) is 18.0 Å². The number of hydrogen-bond acceptors (Lipinski definition) is 3. The van der Waals surface area contributed by atoms with E-state index in [4.69, 9.17) is 11.6 Å². The van der Waals surface area contributed by atoms with E-state index in [9.17, 15) is 0 Å². The first-order valence-electron chi connectivity index (χ1n) is 8.38. The van der Waals surface area contributed by atoms with Crippen molar-refractivity contribution in [3.8, 4) is 0 Å². The lowest BCUT2D eigenvalue weighted by molar-refractivity contribution is 0.552. The van der Waals surface area contributed by atoms with Gasteiger partial charge in [0.1, 0.15) is 5.82 Å². The monoisotopic (exact) mass is 309 g/mol. The van der Waals surface area contributed by atoms with Crippen LogP contribution in [0.3, 0.4) is 0 Å². The molecular formula is C17H28ClN3. The number of aromatic nitrogens is 1. The average Bonchev–Trinajstić information content (AvgIpc) is 2.74. The summed E-state index contributed by atoms with van der Waals surface area (Å²) in [7, 11) is 0. The van der Waals surface area contributed by atoms with Crippen molar-refractivity contribution in [3.63, 3.8) is 0 Å². The Hall–Kier alpha value is -0.800. The number of nitrogens with one attached hydrogen (secondary N) is 1. The fourth-order valence-corrected chi connectivity index (χ4v) is 3.23. The van der Waals surface area contributed by atoms with E-state index in [0.717, 1.165) is 42.5 Å². The van der Waals surface area contributed by atoms with Crippen LogP contribution in [0.5, 0.6) is 0 Å². The summed E-state index contributed by atoms with van der Waals surface area (Å²) in [6, 6.07) is 2.80. The zero-order valence-corrected chi connectivity index (χ0v) is 14.1. The maximum Gasteiger partial charge on any atom is 0.129 e. The largest absolute Gasteiger partial charge is 0.354 e. The van der Waals surface area contributed by atoms with Crippen LogP contribution in [0.25, 0.3) is 0 Å². The highest BCUT2D eigenvalue weighted by Crippen LogP contribution is 2.27. The van der Waals surface area contributed by atoms with Gasteiger partial charge < -0.3 is 10.2 Å². The molecule has 1 fully saturated rings. The fraction of sp³-hybridized carbons (Fsp3) is 0.706. The molecule has 118 valence electrons. The van der Waals surface area contributed by atoms with Gasteiger partial charge in [-0.25, -0.2) is 4.98 Å². The highest BCUT2D eigenvalue weighted by atomic mass is 35.5. The summed E-state index contributed by atoms with van der Waals surface area (Å²) in [4.78, 5) is 7.09. The van der Waals surface area contributed by atoms with Crippen molar-refractivity contribution in [2.24, 2.45) is 0 Å². The molecule has 21 heavy (non-hydrogen) atoms. The summed E-state index contributed by atoms with van der Waals surface area (Å²) in [5.41, 5.74) is 1.16. The topological polar surface area (TPSA) is 28.2 Å². The third-order valence-corrected chi connectivity index (χ3v) is 4.65. The zero-order chi connectivity index (χ0) is 15.1. The van der Waals surface area contributed by atoms with Crippen LogP contribution in [0, 0.1) is 0 Å². The van der Waals surface area contributed by atoms with Gasteiger partial charge in [0.25, 0.3) is 0 Å². The Morgan fingerprint density at radius 3 is 2.95 bits per heavy atom. The molecule has 1 aliphatic heterocycles. The Labute approximate surface area is 134 Å². The second-order valence-electron chi connectivity index (χ2n) is 5.92. The third kappa shape index (κ3) is 4.58. The van der Waals surface area contributed by atoms with E-state index in [2.05, 4.69) is 35.1 Å². The van der Waals surface area contributed by atoms with Crippen molar-refractivity contribution in [3.05, 3.63) is 22.8 Å². The average molecular weight is 310 g/mol. The van der Waals surface area contributed by atoms with Gasteiger partial charge in [-0.3, -0.25) is 0 Å². The SMILES string of the molecule is CCCNCc1cc(N2CCCCCC2CC)ncc1Cl. The summed E-state index contributed by atoms with van der Waals surface area (Å²) in [5, 5.41) is 4.20. The Balaban J connectivity index is 2.15. The Morgan fingerprint density at radius 2 is 2.19 bits per heavy atom. The molecule has 1 aromatic rings. The first kappa shape index (κ1) is 16.6. The Kier molecular flexibility index (Phi) is 6.78. The van der Waals surface area contributed by atoms with Crippen molar-refractivity contribution >= 4 is 17.4 Å². The number of rotatable bonds is 6. The molecule has 1 aromatic heterocycles. The molecule has 0 saturated carbocycles. The minimum atomic E-state index is 0.623. The van der Waals surface area contributed by atoms with Crippen LogP contribution < -0.4 is 10.2 Å². The van der Waals surface area contributed by atoms with E-state index in [-0.39, 0.29) is 0 Å². The predicted molar refractivity (Wildman–Crippen MR) is 91.1 cm³/mol. The smallest absolute Gasteiger partial charge is 0.129 e. The van der Waals surface area contributed by atoms with Crippen LogP contribution in [-0.4, -0.2) is 24.1 Å². The first-order chi connectivity index (χ1) is 10.3. The second kappa shape index (κ2) is 8.60. The molecule has 0 radical (unpaired) electrons. The third-order valence-electron chi connectivity index (χ3n) is 4.31. The Morgan fingerprint density at radius 1 is 1.33 bits per heavy atom. The number of halogens is 1. The lowest BCUT2D eigenvalue weighted by Crippen LogP contribution is -2.35. The lowest BCUT2D eigenvalue weighted by Gasteiger charge is -2.30. The minimum Gasteiger partial charge on any atom is -0.354 e. The van der Waals surface area contributed by atoms with Crippen molar-refractivity contribution in [1.82, 2.24) is 10.3 Å². The standard InChI is InChI=1S/C17H28ClN3/c1-3-9-19-12-14-11-17(20-13-16(14)18)21-10-7-5-6-8-15(21)4-2/h11,13,15,19H,3-10,12H2,1-2H3. The zero-order valence-electron chi connectivity index (χ0n) is 13.4. The summed E-state index contributed by atoms with van der Waals surface area (Å²) < 4.78 is 0. The molecular weight excluding hydrogens is 282 g/mol. The van der Waals surface area contributed by atoms with E-state index >= 15 is 0 Å². The molecule has 2 heterocycles. The van der Waals surface area contributed by atoms with Crippen molar-refractivity contribution in [2.45, 2.75) is 65.0 Å². The lowest BCUT2D eigenvalue weighted by atomic mass is 10.1. The van der Waals surface area contributed by atoms with Gasteiger partial charge in [-0.2, -0.15) is 0 Å². The number of nitrogens with zero attached hydrogens (tertiary/aromatic N) is 2. The molecule has 1 aliphatic rings. The van der Waals surface area contributed by atoms with Gasteiger partial charge in [0.05, 0.1) is 5.02 Å². The Bertz CT molecular complexity index is 436. The number of pyridine rings is 1. The van der Waals surface area contributed by atoms with Gasteiger partial charge >= 0.3 is 0 Å². The van der Waals surface area contributed by atoms with Crippen molar-refractivity contribution in [1.29, 1.82) is 0 Å². The van der Waals surface area contributed by atoms with Gasteiger partial charge in [0.2, 0.25) is 0 Å². The van der Waals surface area contributed by atoms with Crippen LogP contribution in [0.2, 0.25) is 5.02 Å². The summed E-state index contributed by atoms with van der Waals surface area (Å²) in [6.07, 6.45) is 9.37. The molecule has 1 saturated heterocycles. The molecule has 0 aromatic carbocycles. The maximum absolute atomic E-state index is 6.30. The highest BCUT2D eigenvalue weighted by molar-refractivity contribution is 6.31. The van der Waals surface area contributed by atoms with E-state index in [1.54, 1.807) is 0 Å². The van der Waals surface area contributed by atoms with Crippen LogP contribution in [0.4, 0.5) is 5.82 Å². The molecule has 0 spiro atoms. The molecule has 0 amide bonds. The normalized spacial score (nSPS) is 19.6. The maximum atomic E-state index is 6.30. The van der Waals surface area contributed by atoms with E-state index in [1.807, 2.05) is 6.20 Å². The molecule has 0 aliphatic carbocycles. The van der Waals surface area contributed by atoms with E-state index in [0.29, 0.717) is 6.04 Å². The number of anilines is 1. The molecule has 2 rings (SSSR count). The molecule has 1 atom stereocenters. The first-order valence-corrected chi connectivity index (χ1v) is 8.75. The van der Waals surface area contributed by atoms with Gasteiger partial charge in [-0.05, 0) is 43.9 Å². The molecule has 3 nitrogen and oxygen atoms in total. The van der Waals surface area contributed by atoms with E-state index in [1.165, 1.54) is 32.1 Å². The van der Waals surface area contributed by atoms with Crippen molar-refractivity contribution < 1.29 is 0 Å². The quantitative estimate of drug-likeness (QED) is 0.790. The summed E-state index contributed by atoms with van der Waals surface area (Å²) in [5.74, 6) is 1.10. The molecule has 1 N–H and O–H groups in total. The van der Waals surface area contributed by atoms with Crippen LogP contribution >= 0.6 is 11.6 Å². The van der Waals surface area contributed by atoms with E-state index < -0.39 is 0 Å². The van der Waals surface area contributed by atoms with Crippen LogP contribution in [0.1, 0.15) is 57.9 Å². The summed E-state index contributed by atoms with van der Waals surface area (Å²) in [6.45, 7) is 7.43. The molecule has 1 unspecified atom stereocenters. The van der Waals surface area contributed by atoms with Gasteiger partial charge in [0.15, 0.2) is 0 Å². The van der Waals surface area contributed by atoms with Crippen LogP contribution in [-0.2, 0) is 6.54 Å². The van der Waals surface area contributed by atoms with Gasteiger partial charge in [-0.15, -0.1) is 0 Å². The van der Waals surface area contributed by atoms with Crippen LogP contribution in [0.15, 0.2) is 12.3 Å². The molecule has 4 heteroatoms. The van der Waals surface area contributed by atoms with Gasteiger partial charge in [-0.1, -0.05) is 38.3 Å². The fourth-order valence-electron chi connectivity index (χ4n) is 3.06. The van der Waals surface area contributed by atoms with Gasteiger partial charge in [0, 0.05) is 25.3 Å². The predicted octanol–water partition coefficient (Wildman–Crippen LogP) is 4.39. The number of hydrogen-bond donors (Lipinski definition) is 1. The second-order valence-corrected chi connectivity index (χ2v) is 6.32. The summed E-state index contributed by atoms with van der Waals surface area (Å²) >= 11 is 6.30. The minimum absolute atomic E-state index is 0.623. The molecule has 0 bridgehead atoms.